The van der Waals surface area contributed by atoms with E-state index in [1.54, 1.807) is 0 Å². The number of aromatic nitrogens is 2. The van der Waals surface area contributed by atoms with E-state index in [9.17, 15) is 0 Å². The first-order valence-electron chi connectivity index (χ1n) is 25.2. The van der Waals surface area contributed by atoms with Crippen LogP contribution in [0.3, 0.4) is 0 Å². The Bertz CT molecular complexity index is 3300. The van der Waals surface area contributed by atoms with Gasteiger partial charge in [0.15, 0.2) is 0 Å². The number of para-hydroxylation sites is 1. The van der Waals surface area contributed by atoms with Crippen LogP contribution in [0.25, 0.3) is 49.9 Å². The molecule has 0 unspecified atom stereocenters. The summed E-state index contributed by atoms with van der Waals surface area (Å²) in [4.78, 5) is 10.1. The third-order valence-corrected chi connectivity index (χ3v) is 14.1. The van der Waals surface area contributed by atoms with Gasteiger partial charge >= 0.3 is 0 Å². The largest absolute Gasteiger partial charge is 0.457 e. The molecule has 0 fully saturated rings. The van der Waals surface area contributed by atoms with E-state index in [0.29, 0.717) is 6.67 Å². The van der Waals surface area contributed by atoms with Crippen molar-refractivity contribution in [2.45, 2.75) is 132 Å². The van der Waals surface area contributed by atoms with Crippen LogP contribution < -0.4 is 14.5 Å². The van der Waals surface area contributed by atoms with Gasteiger partial charge < -0.3 is 14.5 Å². The average Bonchev–Trinajstić information content (AvgIpc) is 3.89. The molecule has 0 spiro atoms. The molecule has 0 N–H and O–H groups in total. The smallest absolute Gasteiger partial charge is 0.138 e. The normalized spacial score (nSPS) is 14.0. The third-order valence-electron chi connectivity index (χ3n) is 14.1. The number of nitrogens with zero attached hydrogens (tertiary/aromatic N) is 4. The molecule has 0 radical (unpaired) electrons. The van der Waals surface area contributed by atoms with Crippen molar-refractivity contribution in [1.29, 1.82) is 0 Å². The van der Waals surface area contributed by atoms with Crippen LogP contribution in [0.1, 0.15) is 132 Å². The molecule has 0 amide bonds. The van der Waals surface area contributed by atoms with Crippen LogP contribution in [-0.4, -0.2) is 16.2 Å². The summed E-state index contributed by atoms with van der Waals surface area (Å²) in [5, 5.41) is 2.34. The van der Waals surface area contributed by atoms with E-state index in [-0.39, 0.29) is 27.1 Å². The van der Waals surface area contributed by atoms with Crippen LogP contribution in [0.4, 0.5) is 11.4 Å². The van der Waals surface area contributed by atoms with E-state index in [1.807, 2.05) is 6.20 Å². The van der Waals surface area contributed by atoms with Crippen LogP contribution in [0.5, 0.6) is 11.5 Å². The average molecular weight is 927 g/mol. The molecular weight excluding hydrogens is 853 g/mol. The van der Waals surface area contributed by atoms with Gasteiger partial charge in [0, 0.05) is 57.8 Å². The van der Waals surface area contributed by atoms with Gasteiger partial charge in [0.05, 0.1) is 17.7 Å². The molecule has 360 valence electrons. The number of rotatable bonds is 7. The summed E-state index contributed by atoms with van der Waals surface area (Å²) >= 11 is 0. The van der Waals surface area contributed by atoms with Crippen molar-refractivity contribution in [3.8, 4) is 39.6 Å². The third kappa shape index (κ3) is 9.52. The molecular formula is C65H74N4O. The summed E-state index contributed by atoms with van der Waals surface area (Å²) in [6.45, 7) is 37.4. The Morgan fingerprint density at radius 2 is 1.11 bits per heavy atom. The summed E-state index contributed by atoms with van der Waals surface area (Å²) in [6.07, 6.45) is 4.39. The van der Waals surface area contributed by atoms with Crippen LogP contribution in [0.15, 0.2) is 152 Å². The van der Waals surface area contributed by atoms with Crippen LogP contribution in [-0.2, 0) is 21.7 Å². The number of fused-ring (bicyclic) bond motifs is 3. The Labute approximate surface area is 418 Å². The highest BCUT2D eigenvalue weighted by molar-refractivity contribution is 6.09. The van der Waals surface area contributed by atoms with Gasteiger partial charge in [-0.25, -0.2) is 4.98 Å². The molecule has 0 saturated heterocycles. The fourth-order valence-electron chi connectivity index (χ4n) is 9.89. The van der Waals surface area contributed by atoms with E-state index >= 15 is 0 Å². The summed E-state index contributed by atoms with van der Waals surface area (Å²) in [6, 6.07) is 49.2. The van der Waals surface area contributed by atoms with Crippen molar-refractivity contribution < 1.29 is 4.74 Å². The second-order valence-corrected chi connectivity index (χ2v) is 24.9. The highest BCUT2D eigenvalue weighted by Gasteiger charge is 2.33. The maximum atomic E-state index is 7.04. The van der Waals surface area contributed by atoms with Gasteiger partial charge in [-0.1, -0.05) is 177 Å². The number of allylic oxidation sites excluding steroid dienone is 1. The topological polar surface area (TPSA) is 33.5 Å². The van der Waals surface area contributed by atoms with Gasteiger partial charge in [-0.15, -0.1) is 0 Å². The minimum Gasteiger partial charge on any atom is -0.457 e. The number of ether oxygens (including phenoxy) is 1. The lowest BCUT2D eigenvalue weighted by atomic mass is 9.77. The molecule has 0 saturated carbocycles. The first-order chi connectivity index (χ1) is 32.7. The number of aryl methyl sites for hydroxylation is 1. The van der Waals surface area contributed by atoms with E-state index in [4.69, 9.17) is 9.72 Å². The Hall–Kier alpha value is -6.59. The van der Waals surface area contributed by atoms with Gasteiger partial charge in [0.25, 0.3) is 0 Å². The highest BCUT2D eigenvalue weighted by atomic mass is 16.5. The molecule has 2 aromatic heterocycles. The summed E-state index contributed by atoms with van der Waals surface area (Å²) in [5.41, 5.74) is 16.7. The molecule has 3 heterocycles. The van der Waals surface area contributed by atoms with Crippen LogP contribution in [0.2, 0.25) is 0 Å². The van der Waals surface area contributed by atoms with Crippen molar-refractivity contribution >= 4 is 33.2 Å². The summed E-state index contributed by atoms with van der Waals surface area (Å²) in [5.74, 6) is 2.46. The fraction of sp³-hybridized carbons (Fsp3) is 0.338. The second kappa shape index (κ2) is 17.4. The monoisotopic (exact) mass is 927 g/mol. The second-order valence-electron chi connectivity index (χ2n) is 24.9. The van der Waals surface area contributed by atoms with E-state index in [0.717, 1.165) is 45.0 Å². The molecule has 9 rings (SSSR count). The lowest BCUT2D eigenvalue weighted by Gasteiger charge is -2.32. The van der Waals surface area contributed by atoms with Gasteiger partial charge in [-0.2, -0.15) is 0 Å². The summed E-state index contributed by atoms with van der Waals surface area (Å²) < 4.78 is 9.35. The van der Waals surface area contributed by atoms with Gasteiger partial charge in [0.2, 0.25) is 0 Å². The lowest BCUT2D eigenvalue weighted by Crippen LogP contribution is -2.31. The zero-order valence-corrected chi connectivity index (χ0v) is 44.8. The van der Waals surface area contributed by atoms with E-state index in [2.05, 4.69) is 265 Å². The Morgan fingerprint density at radius 3 is 1.79 bits per heavy atom. The Morgan fingerprint density at radius 1 is 0.471 bits per heavy atom. The molecule has 0 aliphatic carbocycles. The lowest BCUT2D eigenvalue weighted by molar-refractivity contribution is 0.479. The maximum Gasteiger partial charge on any atom is 0.138 e. The number of anilines is 2. The molecule has 0 bridgehead atoms. The zero-order valence-electron chi connectivity index (χ0n) is 44.8. The predicted molar refractivity (Wildman–Crippen MR) is 299 cm³/mol. The standard InChI is InChI=1S/C65H74N4O/c1-42-39-66-60(38-55(42)52-28-26-45(61(2,3)4)35-56(52)64(11,12)13)69-57-25-21-20-24-53(57)54-29-27-50(37-58(54)69)70-51-34-47(63(8,9)10)32-48(36-51)67-40-59(65(14,15)16)68(41-67)49-31-44(43-22-18-17-19-23-43)30-46(33-49)62(5,6)7/h17-40H,41H2,1-16H3. The number of pyridine rings is 1. The predicted octanol–water partition coefficient (Wildman–Crippen LogP) is 18.0. The first-order valence-corrected chi connectivity index (χ1v) is 25.2. The van der Waals surface area contributed by atoms with Crippen molar-refractivity contribution in [1.82, 2.24) is 9.55 Å². The Kier molecular flexibility index (Phi) is 12.0. The van der Waals surface area contributed by atoms with Crippen molar-refractivity contribution in [3.63, 3.8) is 0 Å². The molecule has 5 nitrogen and oxygen atoms in total. The Balaban J connectivity index is 1.13. The van der Waals surface area contributed by atoms with Crippen molar-refractivity contribution in [3.05, 3.63) is 179 Å². The number of hydrogen-bond donors (Lipinski definition) is 0. The first kappa shape index (κ1) is 48.4. The van der Waals surface area contributed by atoms with Gasteiger partial charge in [0.1, 0.15) is 17.3 Å². The SMILES string of the molecule is Cc1cnc(-n2c3ccccc3c3ccc(Oc4cc(N5C=C(C(C)(C)C)N(c6cc(-c7ccccc7)cc(C(C)(C)C)c6)C5)cc(C(C)(C)C)c4)cc32)cc1-c1ccc(C(C)(C)C)cc1C(C)(C)C. The number of benzene rings is 6. The summed E-state index contributed by atoms with van der Waals surface area (Å²) in [7, 11) is 0. The molecule has 8 aromatic rings. The van der Waals surface area contributed by atoms with Crippen molar-refractivity contribution in [2.24, 2.45) is 5.41 Å². The van der Waals surface area contributed by atoms with Crippen molar-refractivity contribution in [2.75, 3.05) is 16.5 Å². The van der Waals surface area contributed by atoms with Crippen LogP contribution in [0, 0.1) is 12.3 Å². The van der Waals surface area contributed by atoms with E-state index in [1.165, 1.54) is 61.3 Å². The highest BCUT2D eigenvalue weighted by Crippen LogP contribution is 2.44. The molecule has 5 heteroatoms. The molecule has 0 atom stereocenters. The van der Waals surface area contributed by atoms with Gasteiger partial charge in [-0.05, 0) is 127 Å². The van der Waals surface area contributed by atoms with Gasteiger partial charge in [-0.3, -0.25) is 4.57 Å². The van der Waals surface area contributed by atoms with E-state index < -0.39 is 0 Å². The minimum atomic E-state index is -0.124. The molecule has 1 aliphatic rings. The maximum absolute atomic E-state index is 7.04. The number of hydrogen-bond acceptors (Lipinski definition) is 4. The zero-order chi connectivity index (χ0) is 50.3. The molecule has 1 aliphatic heterocycles. The van der Waals surface area contributed by atoms with Crippen LogP contribution >= 0.6 is 0 Å². The molecule has 70 heavy (non-hydrogen) atoms. The fourth-order valence-corrected chi connectivity index (χ4v) is 9.89. The minimum absolute atomic E-state index is 0.0239. The molecule has 6 aromatic carbocycles. The quantitative estimate of drug-likeness (QED) is 0.159.